The SMILES string of the molecule is COc1cc(CNC(=O)CN2CCc3ccccc32)ccn1. The fourth-order valence-electron chi connectivity index (χ4n) is 2.67. The number of aromatic nitrogens is 1. The first kappa shape index (κ1) is 14.4. The summed E-state index contributed by atoms with van der Waals surface area (Å²) in [5.74, 6) is 0.577. The molecule has 0 radical (unpaired) electrons. The van der Waals surface area contributed by atoms with E-state index in [-0.39, 0.29) is 5.91 Å². The average molecular weight is 297 g/mol. The highest BCUT2D eigenvalue weighted by Gasteiger charge is 2.20. The molecule has 1 N–H and O–H groups in total. The standard InChI is InChI=1S/C17H19N3O2/c1-22-17-10-13(6-8-18-17)11-19-16(21)12-20-9-7-14-4-2-3-5-15(14)20/h2-6,8,10H,7,9,11-12H2,1H3,(H,19,21). The van der Waals surface area contributed by atoms with Crippen LogP contribution in [0.3, 0.4) is 0 Å². The van der Waals surface area contributed by atoms with Gasteiger partial charge in [-0.25, -0.2) is 4.98 Å². The van der Waals surface area contributed by atoms with Crippen LogP contribution in [0.1, 0.15) is 11.1 Å². The number of pyridine rings is 1. The van der Waals surface area contributed by atoms with Gasteiger partial charge >= 0.3 is 0 Å². The first-order valence-corrected chi connectivity index (χ1v) is 7.35. The smallest absolute Gasteiger partial charge is 0.239 e. The number of hydrogen-bond donors (Lipinski definition) is 1. The highest BCUT2D eigenvalue weighted by Crippen LogP contribution is 2.26. The van der Waals surface area contributed by atoms with E-state index in [9.17, 15) is 4.79 Å². The molecule has 2 aromatic rings. The Balaban J connectivity index is 1.55. The van der Waals surface area contributed by atoms with Gasteiger partial charge in [0.2, 0.25) is 11.8 Å². The summed E-state index contributed by atoms with van der Waals surface area (Å²) in [5, 5.41) is 2.94. The number of ether oxygens (including phenoxy) is 1. The van der Waals surface area contributed by atoms with Crippen LogP contribution >= 0.6 is 0 Å². The normalized spacial score (nSPS) is 12.9. The van der Waals surface area contributed by atoms with Crippen LogP contribution in [-0.4, -0.2) is 31.1 Å². The molecular weight excluding hydrogens is 278 g/mol. The van der Waals surface area contributed by atoms with Crippen molar-refractivity contribution < 1.29 is 9.53 Å². The van der Waals surface area contributed by atoms with Crippen molar-refractivity contribution >= 4 is 11.6 Å². The molecule has 5 nitrogen and oxygen atoms in total. The lowest BCUT2D eigenvalue weighted by atomic mass is 10.2. The lowest BCUT2D eigenvalue weighted by Crippen LogP contribution is -2.36. The Hall–Kier alpha value is -2.56. The van der Waals surface area contributed by atoms with Gasteiger partial charge < -0.3 is 15.0 Å². The molecule has 1 amide bonds. The maximum absolute atomic E-state index is 12.1. The molecule has 1 aromatic carbocycles. The number of rotatable bonds is 5. The molecule has 0 bridgehead atoms. The van der Waals surface area contributed by atoms with Crippen LogP contribution in [0.25, 0.3) is 0 Å². The van der Waals surface area contributed by atoms with Crippen molar-refractivity contribution in [2.45, 2.75) is 13.0 Å². The van der Waals surface area contributed by atoms with Crippen molar-refractivity contribution in [3.05, 3.63) is 53.7 Å². The molecule has 1 aliphatic heterocycles. The van der Waals surface area contributed by atoms with Crippen molar-refractivity contribution in [2.24, 2.45) is 0 Å². The molecule has 0 saturated heterocycles. The fraction of sp³-hybridized carbons (Fsp3) is 0.294. The number of carbonyl (C=O) groups excluding carboxylic acids is 1. The minimum Gasteiger partial charge on any atom is -0.481 e. The van der Waals surface area contributed by atoms with Crippen LogP contribution in [0, 0.1) is 0 Å². The highest BCUT2D eigenvalue weighted by molar-refractivity contribution is 5.82. The molecule has 22 heavy (non-hydrogen) atoms. The predicted octanol–water partition coefficient (Wildman–Crippen LogP) is 1.77. The summed E-state index contributed by atoms with van der Waals surface area (Å²) in [4.78, 5) is 18.3. The van der Waals surface area contributed by atoms with Crippen LogP contribution in [-0.2, 0) is 17.8 Å². The number of fused-ring (bicyclic) bond motifs is 1. The van der Waals surface area contributed by atoms with Crippen LogP contribution in [0.15, 0.2) is 42.6 Å². The van der Waals surface area contributed by atoms with E-state index < -0.39 is 0 Å². The van der Waals surface area contributed by atoms with Crippen molar-refractivity contribution in [3.8, 4) is 5.88 Å². The molecule has 1 aromatic heterocycles. The Labute approximate surface area is 129 Å². The highest BCUT2D eigenvalue weighted by atomic mass is 16.5. The van der Waals surface area contributed by atoms with E-state index in [2.05, 4.69) is 27.3 Å². The van der Waals surface area contributed by atoms with Crippen LogP contribution in [0.4, 0.5) is 5.69 Å². The molecule has 3 rings (SSSR count). The van der Waals surface area contributed by atoms with Gasteiger partial charge in [-0.1, -0.05) is 18.2 Å². The third-order valence-electron chi connectivity index (χ3n) is 3.82. The van der Waals surface area contributed by atoms with E-state index in [1.165, 1.54) is 11.3 Å². The number of nitrogens with zero attached hydrogens (tertiary/aromatic N) is 2. The minimum absolute atomic E-state index is 0.0208. The van der Waals surface area contributed by atoms with E-state index in [4.69, 9.17) is 4.74 Å². The van der Waals surface area contributed by atoms with Crippen LogP contribution in [0.2, 0.25) is 0 Å². The van der Waals surface area contributed by atoms with E-state index >= 15 is 0 Å². The summed E-state index contributed by atoms with van der Waals surface area (Å²) in [7, 11) is 1.58. The summed E-state index contributed by atoms with van der Waals surface area (Å²) in [6, 6.07) is 11.9. The average Bonchev–Trinajstić information content (AvgIpc) is 2.96. The number of anilines is 1. The molecule has 0 aliphatic carbocycles. The van der Waals surface area contributed by atoms with Gasteiger partial charge in [0.05, 0.1) is 13.7 Å². The molecule has 0 unspecified atom stereocenters. The van der Waals surface area contributed by atoms with Crippen molar-refractivity contribution in [1.29, 1.82) is 0 Å². The number of benzene rings is 1. The maximum Gasteiger partial charge on any atom is 0.239 e. The topological polar surface area (TPSA) is 54.5 Å². The Morgan fingerprint density at radius 3 is 3.09 bits per heavy atom. The van der Waals surface area contributed by atoms with E-state index in [0.717, 1.165) is 18.5 Å². The Morgan fingerprint density at radius 2 is 2.23 bits per heavy atom. The van der Waals surface area contributed by atoms with Gasteiger partial charge in [-0.3, -0.25) is 4.79 Å². The van der Waals surface area contributed by atoms with Gasteiger partial charge in [0.25, 0.3) is 0 Å². The predicted molar refractivity (Wildman–Crippen MR) is 85.0 cm³/mol. The molecule has 0 saturated carbocycles. The Kier molecular flexibility index (Phi) is 4.23. The summed E-state index contributed by atoms with van der Waals surface area (Å²) in [5.41, 5.74) is 3.46. The largest absolute Gasteiger partial charge is 0.481 e. The number of methoxy groups -OCH3 is 1. The first-order valence-electron chi connectivity index (χ1n) is 7.35. The third kappa shape index (κ3) is 3.19. The van der Waals surface area contributed by atoms with Crippen molar-refractivity contribution in [3.63, 3.8) is 0 Å². The fourth-order valence-corrected chi connectivity index (χ4v) is 2.67. The molecule has 0 spiro atoms. The van der Waals surface area contributed by atoms with Gasteiger partial charge in [0, 0.05) is 31.0 Å². The zero-order valence-electron chi connectivity index (χ0n) is 12.6. The molecular formula is C17H19N3O2. The van der Waals surface area contributed by atoms with Crippen molar-refractivity contribution in [1.82, 2.24) is 10.3 Å². The number of carbonyl (C=O) groups is 1. The molecule has 1 aliphatic rings. The van der Waals surface area contributed by atoms with E-state index in [1.807, 2.05) is 24.3 Å². The Bertz CT molecular complexity index is 672. The second-order valence-corrected chi connectivity index (χ2v) is 5.28. The number of para-hydroxylation sites is 1. The molecule has 2 heterocycles. The number of amides is 1. The van der Waals surface area contributed by atoms with Gasteiger partial charge in [-0.05, 0) is 29.7 Å². The lowest BCUT2D eigenvalue weighted by Gasteiger charge is -2.18. The third-order valence-corrected chi connectivity index (χ3v) is 3.82. The number of nitrogens with one attached hydrogen (secondary N) is 1. The van der Waals surface area contributed by atoms with Gasteiger partial charge in [0.1, 0.15) is 0 Å². The molecule has 0 fully saturated rings. The lowest BCUT2D eigenvalue weighted by molar-refractivity contribution is -0.119. The summed E-state index contributed by atoms with van der Waals surface area (Å²) < 4.78 is 5.08. The van der Waals surface area contributed by atoms with E-state index in [1.54, 1.807) is 13.3 Å². The zero-order valence-corrected chi connectivity index (χ0v) is 12.6. The second-order valence-electron chi connectivity index (χ2n) is 5.28. The van der Waals surface area contributed by atoms with Gasteiger partial charge in [0.15, 0.2) is 0 Å². The summed E-state index contributed by atoms with van der Waals surface area (Å²) in [6.07, 6.45) is 2.68. The summed E-state index contributed by atoms with van der Waals surface area (Å²) in [6.45, 7) is 1.77. The number of hydrogen-bond acceptors (Lipinski definition) is 4. The van der Waals surface area contributed by atoms with Crippen molar-refractivity contribution in [2.75, 3.05) is 25.1 Å². The first-order chi connectivity index (χ1) is 10.8. The maximum atomic E-state index is 12.1. The quantitative estimate of drug-likeness (QED) is 0.914. The molecule has 0 atom stereocenters. The zero-order chi connectivity index (χ0) is 15.4. The second kappa shape index (κ2) is 6.47. The van der Waals surface area contributed by atoms with Gasteiger partial charge in [-0.2, -0.15) is 0 Å². The monoisotopic (exact) mass is 297 g/mol. The Morgan fingerprint density at radius 1 is 1.36 bits per heavy atom. The molecule has 114 valence electrons. The van der Waals surface area contributed by atoms with Crippen LogP contribution in [0.5, 0.6) is 5.88 Å². The molecule has 5 heteroatoms. The van der Waals surface area contributed by atoms with Gasteiger partial charge in [-0.15, -0.1) is 0 Å². The van der Waals surface area contributed by atoms with Crippen LogP contribution < -0.4 is 15.0 Å². The summed E-state index contributed by atoms with van der Waals surface area (Å²) >= 11 is 0. The van der Waals surface area contributed by atoms with E-state index in [0.29, 0.717) is 19.0 Å². The minimum atomic E-state index is 0.0208.